The highest BCUT2D eigenvalue weighted by atomic mass is 15.1. The van der Waals surface area contributed by atoms with E-state index in [9.17, 15) is 0 Å². The maximum absolute atomic E-state index is 3.46. The average Bonchev–Trinajstić information content (AvgIpc) is 2.36. The Labute approximate surface area is 118 Å². The topological polar surface area (TPSA) is 15.3 Å². The van der Waals surface area contributed by atoms with Crippen molar-refractivity contribution in [2.24, 2.45) is 11.8 Å². The minimum absolute atomic E-state index is 0.545. The third-order valence-electron chi connectivity index (χ3n) is 3.88. The number of hydrogen-bond donors (Lipinski definition) is 1. The summed E-state index contributed by atoms with van der Waals surface area (Å²) in [5, 5.41) is 3.46. The summed E-state index contributed by atoms with van der Waals surface area (Å²) in [5.74, 6) is 1.62. The summed E-state index contributed by atoms with van der Waals surface area (Å²) < 4.78 is 0. The second-order valence-electron chi connectivity index (χ2n) is 6.55. The fourth-order valence-electron chi connectivity index (χ4n) is 3.02. The van der Waals surface area contributed by atoms with Gasteiger partial charge in [0, 0.05) is 31.4 Å². The molecule has 106 valence electrons. The second kappa shape index (κ2) is 6.42. The molecule has 0 aromatic heterocycles. The van der Waals surface area contributed by atoms with Gasteiger partial charge in [-0.3, -0.25) is 0 Å². The number of rotatable bonds is 4. The van der Waals surface area contributed by atoms with Gasteiger partial charge in [-0.25, -0.2) is 0 Å². The molecule has 2 rings (SSSR count). The molecule has 1 aliphatic heterocycles. The Hall–Kier alpha value is -1.02. The van der Waals surface area contributed by atoms with Crippen molar-refractivity contribution in [2.45, 2.75) is 46.7 Å². The Balaban J connectivity index is 1.97. The molecule has 1 aliphatic rings. The van der Waals surface area contributed by atoms with E-state index in [-0.39, 0.29) is 0 Å². The summed E-state index contributed by atoms with van der Waals surface area (Å²) in [5.41, 5.74) is 2.75. The van der Waals surface area contributed by atoms with E-state index in [0.29, 0.717) is 6.04 Å². The van der Waals surface area contributed by atoms with Crippen molar-refractivity contribution in [3.8, 4) is 0 Å². The lowest BCUT2D eigenvalue weighted by Crippen LogP contribution is -2.38. The van der Waals surface area contributed by atoms with E-state index < -0.39 is 0 Å². The summed E-state index contributed by atoms with van der Waals surface area (Å²) in [6, 6.07) is 9.62. The fourth-order valence-corrected chi connectivity index (χ4v) is 3.02. The van der Waals surface area contributed by atoms with Crippen molar-refractivity contribution in [1.29, 1.82) is 0 Å². The van der Waals surface area contributed by atoms with Crippen LogP contribution in [0.2, 0.25) is 0 Å². The van der Waals surface area contributed by atoms with E-state index in [1.165, 1.54) is 30.8 Å². The highest BCUT2D eigenvalue weighted by Gasteiger charge is 2.21. The third kappa shape index (κ3) is 4.24. The normalized spacial score (nSPS) is 23.9. The van der Waals surface area contributed by atoms with Crippen LogP contribution in [0.25, 0.3) is 0 Å². The van der Waals surface area contributed by atoms with Gasteiger partial charge in [-0.15, -0.1) is 0 Å². The molecule has 19 heavy (non-hydrogen) atoms. The number of anilines is 1. The number of piperidine rings is 1. The zero-order valence-corrected chi connectivity index (χ0v) is 12.8. The molecule has 1 saturated heterocycles. The molecule has 2 heteroatoms. The summed E-state index contributed by atoms with van der Waals surface area (Å²) >= 11 is 0. The van der Waals surface area contributed by atoms with Crippen LogP contribution in [0.3, 0.4) is 0 Å². The van der Waals surface area contributed by atoms with E-state index in [1.807, 2.05) is 0 Å². The molecule has 0 radical (unpaired) electrons. The van der Waals surface area contributed by atoms with Gasteiger partial charge in [0.05, 0.1) is 0 Å². The molecule has 0 spiro atoms. The molecule has 1 aromatic rings. The van der Waals surface area contributed by atoms with E-state index in [0.717, 1.165) is 18.4 Å². The Morgan fingerprint density at radius 3 is 2.21 bits per heavy atom. The standard InChI is InChI=1S/C17H28N2/c1-13(2)18-10-16-5-7-17(8-6-16)19-11-14(3)9-15(4)12-19/h5-8,13-15,18H,9-12H2,1-4H3. The number of nitrogens with one attached hydrogen (secondary N) is 1. The molecule has 2 nitrogen and oxygen atoms in total. The maximum Gasteiger partial charge on any atom is 0.0366 e. The predicted octanol–water partition coefficient (Wildman–Crippen LogP) is 3.67. The SMILES string of the molecule is CC1CC(C)CN(c2ccc(CNC(C)C)cc2)C1. The van der Waals surface area contributed by atoms with Crippen LogP contribution in [0.1, 0.15) is 39.7 Å². The third-order valence-corrected chi connectivity index (χ3v) is 3.88. The molecule has 0 saturated carbocycles. The quantitative estimate of drug-likeness (QED) is 0.888. The van der Waals surface area contributed by atoms with Gasteiger partial charge in [0.25, 0.3) is 0 Å². The molecular formula is C17H28N2. The van der Waals surface area contributed by atoms with E-state index in [4.69, 9.17) is 0 Å². The molecule has 0 bridgehead atoms. The number of benzene rings is 1. The largest absolute Gasteiger partial charge is 0.371 e. The van der Waals surface area contributed by atoms with Gasteiger partial charge in [0.2, 0.25) is 0 Å². The summed E-state index contributed by atoms with van der Waals surface area (Å²) in [4.78, 5) is 2.54. The highest BCUT2D eigenvalue weighted by molar-refractivity contribution is 5.48. The first-order valence-electron chi connectivity index (χ1n) is 7.62. The van der Waals surface area contributed by atoms with Crippen molar-refractivity contribution in [1.82, 2.24) is 5.32 Å². The highest BCUT2D eigenvalue weighted by Crippen LogP contribution is 2.26. The average molecular weight is 260 g/mol. The van der Waals surface area contributed by atoms with Crippen molar-refractivity contribution in [3.63, 3.8) is 0 Å². The minimum Gasteiger partial charge on any atom is -0.371 e. The van der Waals surface area contributed by atoms with E-state index in [1.54, 1.807) is 0 Å². The van der Waals surface area contributed by atoms with Gasteiger partial charge in [-0.1, -0.05) is 39.8 Å². The van der Waals surface area contributed by atoms with Crippen LogP contribution in [0, 0.1) is 11.8 Å². The lowest BCUT2D eigenvalue weighted by atomic mass is 9.91. The van der Waals surface area contributed by atoms with Crippen LogP contribution < -0.4 is 10.2 Å². The van der Waals surface area contributed by atoms with Crippen LogP contribution in [-0.2, 0) is 6.54 Å². The van der Waals surface area contributed by atoms with Gasteiger partial charge < -0.3 is 10.2 Å². The molecule has 2 unspecified atom stereocenters. The van der Waals surface area contributed by atoms with Gasteiger partial charge in [-0.05, 0) is 36.0 Å². The molecule has 1 fully saturated rings. The van der Waals surface area contributed by atoms with Gasteiger partial charge in [0.1, 0.15) is 0 Å². The van der Waals surface area contributed by atoms with Crippen LogP contribution in [-0.4, -0.2) is 19.1 Å². The Bertz CT molecular complexity index is 373. The Kier molecular flexibility index (Phi) is 4.87. The van der Waals surface area contributed by atoms with Crippen molar-refractivity contribution < 1.29 is 0 Å². The molecule has 2 atom stereocenters. The first-order valence-corrected chi connectivity index (χ1v) is 7.62. The molecule has 1 N–H and O–H groups in total. The van der Waals surface area contributed by atoms with Crippen molar-refractivity contribution in [3.05, 3.63) is 29.8 Å². The molecule has 1 aromatic carbocycles. The molecular weight excluding hydrogens is 232 g/mol. The van der Waals surface area contributed by atoms with Gasteiger partial charge in [-0.2, -0.15) is 0 Å². The summed E-state index contributed by atoms with van der Waals surface area (Å²) in [7, 11) is 0. The smallest absolute Gasteiger partial charge is 0.0366 e. The van der Waals surface area contributed by atoms with Gasteiger partial charge >= 0.3 is 0 Å². The first-order chi connectivity index (χ1) is 9.04. The monoisotopic (exact) mass is 260 g/mol. The van der Waals surface area contributed by atoms with Crippen LogP contribution in [0.4, 0.5) is 5.69 Å². The molecule has 1 heterocycles. The van der Waals surface area contributed by atoms with Gasteiger partial charge in [0.15, 0.2) is 0 Å². The number of nitrogens with zero attached hydrogens (tertiary/aromatic N) is 1. The molecule has 0 aliphatic carbocycles. The molecule has 0 amide bonds. The summed E-state index contributed by atoms with van der Waals surface area (Å²) in [6.07, 6.45) is 1.37. The zero-order valence-electron chi connectivity index (χ0n) is 12.8. The van der Waals surface area contributed by atoms with Crippen molar-refractivity contribution >= 4 is 5.69 Å². The lowest BCUT2D eigenvalue weighted by molar-refractivity contribution is 0.357. The van der Waals surface area contributed by atoms with Crippen molar-refractivity contribution in [2.75, 3.05) is 18.0 Å². The van der Waals surface area contributed by atoms with Crippen LogP contribution in [0.5, 0.6) is 0 Å². The second-order valence-corrected chi connectivity index (χ2v) is 6.55. The minimum atomic E-state index is 0.545. The maximum atomic E-state index is 3.46. The number of hydrogen-bond acceptors (Lipinski definition) is 2. The first kappa shape index (κ1) is 14.4. The fraction of sp³-hybridized carbons (Fsp3) is 0.647. The predicted molar refractivity (Wildman–Crippen MR) is 83.6 cm³/mol. The van der Waals surface area contributed by atoms with Crippen LogP contribution >= 0.6 is 0 Å². The summed E-state index contributed by atoms with van der Waals surface area (Å²) in [6.45, 7) is 12.5. The lowest BCUT2D eigenvalue weighted by Gasteiger charge is -2.36. The Morgan fingerprint density at radius 2 is 1.68 bits per heavy atom. The van der Waals surface area contributed by atoms with E-state index in [2.05, 4.69) is 62.2 Å². The Morgan fingerprint density at radius 1 is 1.11 bits per heavy atom. The zero-order chi connectivity index (χ0) is 13.8. The van der Waals surface area contributed by atoms with Crippen LogP contribution in [0.15, 0.2) is 24.3 Å². The van der Waals surface area contributed by atoms with E-state index >= 15 is 0 Å².